The first-order chi connectivity index (χ1) is 9.79. The Hall–Kier alpha value is -2.09. The zero-order chi connectivity index (χ0) is 15.6. The molecule has 0 saturated carbocycles. The third kappa shape index (κ3) is 3.52. The van der Waals surface area contributed by atoms with Gasteiger partial charge in [-0.3, -0.25) is 13.9 Å². The highest BCUT2D eigenvalue weighted by atomic mass is 32.2. The molecule has 1 aliphatic heterocycles. The van der Waals surface area contributed by atoms with Gasteiger partial charge in [0.15, 0.2) is 0 Å². The molecule has 1 aliphatic rings. The van der Waals surface area contributed by atoms with E-state index in [9.17, 15) is 18.0 Å². The first-order valence-electron chi connectivity index (χ1n) is 6.40. The monoisotopic (exact) mass is 312 g/mol. The molecule has 1 heterocycles. The number of anilines is 1. The molecular weight excluding hydrogens is 296 g/mol. The highest BCUT2D eigenvalue weighted by Crippen LogP contribution is 2.26. The van der Waals surface area contributed by atoms with Crippen LogP contribution in [0.2, 0.25) is 0 Å². The van der Waals surface area contributed by atoms with E-state index in [2.05, 4.69) is 5.32 Å². The first kappa shape index (κ1) is 15.3. The Morgan fingerprint density at radius 1 is 1.33 bits per heavy atom. The Balaban J connectivity index is 2.12. The van der Waals surface area contributed by atoms with E-state index in [1.165, 1.54) is 16.4 Å². The van der Waals surface area contributed by atoms with Crippen LogP contribution < -0.4 is 9.62 Å². The predicted molar refractivity (Wildman–Crippen MR) is 76.7 cm³/mol. The Bertz CT molecular complexity index is 654. The minimum Gasteiger partial charge on any atom is -0.480 e. The molecule has 0 spiro atoms. The smallest absolute Gasteiger partial charge is 0.322 e. The second kappa shape index (κ2) is 5.72. The lowest BCUT2D eigenvalue weighted by Crippen LogP contribution is -2.29. The molecule has 114 valence electrons. The molecule has 0 bridgehead atoms. The van der Waals surface area contributed by atoms with Crippen molar-refractivity contribution in [1.82, 2.24) is 5.32 Å². The Kier molecular flexibility index (Phi) is 4.17. The quantitative estimate of drug-likeness (QED) is 0.831. The van der Waals surface area contributed by atoms with Crippen LogP contribution in [0.5, 0.6) is 0 Å². The number of carbonyl (C=O) groups excluding carboxylic acids is 1. The van der Waals surface area contributed by atoms with Gasteiger partial charge in [0, 0.05) is 12.1 Å². The van der Waals surface area contributed by atoms with Gasteiger partial charge in [-0.1, -0.05) is 6.92 Å². The standard InChI is InChI=1S/C13H16N2O5S/c1-9-7-15(21(19,20)8-9)11-4-2-10(3-5-11)13(18)14-6-12(16)17/h2-5,9H,6-8H2,1H3,(H,14,18)(H,16,17). The van der Waals surface area contributed by atoms with Crippen molar-refractivity contribution in [2.24, 2.45) is 5.92 Å². The summed E-state index contributed by atoms with van der Waals surface area (Å²) in [5.41, 5.74) is 0.791. The number of sulfonamides is 1. The summed E-state index contributed by atoms with van der Waals surface area (Å²) >= 11 is 0. The topological polar surface area (TPSA) is 104 Å². The third-order valence-electron chi connectivity index (χ3n) is 3.13. The van der Waals surface area contributed by atoms with Gasteiger partial charge in [0.05, 0.1) is 11.4 Å². The first-order valence-corrected chi connectivity index (χ1v) is 8.01. The number of carboxylic acid groups (broad SMARTS) is 1. The van der Waals surface area contributed by atoms with Crippen molar-refractivity contribution in [2.75, 3.05) is 23.1 Å². The molecule has 1 atom stereocenters. The van der Waals surface area contributed by atoms with Gasteiger partial charge in [-0.05, 0) is 30.2 Å². The van der Waals surface area contributed by atoms with E-state index in [1.807, 2.05) is 6.92 Å². The van der Waals surface area contributed by atoms with E-state index in [0.717, 1.165) is 0 Å². The summed E-state index contributed by atoms with van der Waals surface area (Å²) in [7, 11) is -3.29. The van der Waals surface area contributed by atoms with Gasteiger partial charge in [-0.25, -0.2) is 8.42 Å². The number of nitrogens with zero attached hydrogens (tertiary/aromatic N) is 1. The van der Waals surface area contributed by atoms with Gasteiger partial charge in [0.2, 0.25) is 10.0 Å². The van der Waals surface area contributed by atoms with E-state index < -0.39 is 28.4 Å². The summed E-state index contributed by atoms with van der Waals surface area (Å²) in [6.07, 6.45) is 0. The van der Waals surface area contributed by atoms with Crippen molar-refractivity contribution in [1.29, 1.82) is 0 Å². The Morgan fingerprint density at radius 3 is 2.43 bits per heavy atom. The number of aliphatic carboxylic acids is 1. The molecule has 1 aromatic rings. The van der Waals surface area contributed by atoms with E-state index in [-0.39, 0.29) is 17.2 Å². The van der Waals surface area contributed by atoms with Gasteiger partial charge in [0.1, 0.15) is 6.54 Å². The lowest BCUT2D eigenvalue weighted by Gasteiger charge is -2.17. The van der Waals surface area contributed by atoms with Crippen molar-refractivity contribution >= 4 is 27.6 Å². The molecule has 8 heteroatoms. The van der Waals surface area contributed by atoms with Gasteiger partial charge in [0.25, 0.3) is 5.91 Å². The summed E-state index contributed by atoms with van der Waals surface area (Å²) in [5.74, 6) is -1.46. The van der Waals surface area contributed by atoms with Crippen LogP contribution in [0.15, 0.2) is 24.3 Å². The van der Waals surface area contributed by atoms with E-state index in [0.29, 0.717) is 12.2 Å². The van der Waals surface area contributed by atoms with Crippen molar-refractivity contribution in [3.8, 4) is 0 Å². The van der Waals surface area contributed by atoms with E-state index in [4.69, 9.17) is 5.11 Å². The molecule has 0 aromatic heterocycles. The van der Waals surface area contributed by atoms with Crippen LogP contribution >= 0.6 is 0 Å². The van der Waals surface area contributed by atoms with Crippen LogP contribution in [-0.2, 0) is 14.8 Å². The fraction of sp³-hybridized carbons (Fsp3) is 0.385. The molecule has 1 unspecified atom stereocenters. The number of carboxylic acids is 1. The largest absolute Gasteiger partial charge is 0.480 e. The summed E-state index contributed by atoms with van der Waals surface area (Å²) in [6, 6.07) is 6.05. The zero-order valence-corrected chi connectivity index (χ0v) is 12.3. The number of amides is 1. The number of benzene rings is 1. The van der Waals surface area contributed by atoms with Crippen LogP contribution in [0.4, 0.5) is 5.69 Å². The van der Waals surface area contributed by atoms with Crippen molar-refractivity contribution in [2.45, 2.75) is 6.92 Å². The minimum absolute atomic E-state index is 0.0635. The van der Waals surface area contributed by atoms with Gasteiger partial charge in [-0.2, -0.15) is 0 Å². The maximum Gasteiger partial charge on any atom is 0.322 e. The summed E-state index contributed by atoms with van der Waals surface area (Å²) in [5, 5.41) is 10.7. The van der Waals surface area contributed by atoms with Crippen LogP contribution in [0.3, 0.4) is 0 Å². The van der Waals surface area contributed by atoms with Crippen molar-refractivity contribution in [3.63, 3.8) is 0 Å². The second-order valence-corrected chi connectivity index (χ2v) is 6.98. The maximum absolute atomic E-state index is 12.0. The summed E-state index contributed by atoms with van der Waals surface area (Å²) in [6.45, 7) is 1.83. The van der Waals surface area contributed by atoms with Gasteiger partial charge >= 0.3 is 5.97 Å². The minimum atomic E-state index is -3.29. The molecule has 21 heavy (non-hydrogen) atoms. The molecule has 1 amide bonds. The molecule has 2 rings (SSSR count). The Morgan fingerprint density at radius 2 is 1.95 bits per heavy atom. The number of carbonyl (C=O) groups is 2. The summed E-state index contributed by atoms with van der Waals surface area (Å²) < 4.78 is 25.2. The van der Waals surface area contributed by atoms with Gasteiger partial charge in [-0.15, -0.1) is 0 Å². The van der Waals surface area contributed by atoms with Crippen LogP contribution in [0, 0.1) is 5.92 Å². The SMILES string of the molecule is CC1CN(c2ccc(C(=O)NCC(=O)O)cc2)S(=O)(=O)C1. The number of rotatable bonds is 4. The normalized spacial score (nSPS) is 20.2. The van der Waals surface area contributed by atoms with E-state index >= 15 is 0 Å². The van der Waals surface area contributed by atoms with Crippen LogP contribution in [0.25, 0.3) is 0 Å². The molecular formula is C13H16N2O5S. The van der Waals surface area contributed by atoms with Gasteiger partial charge < -0.3 is 10.4 Å². The molecule has 0 radical (unpaired) electrons. The molecule has 0 aliphatic carbocycles. The summed E-state index contributed by atoms with van der Waals surface area (Å²) in [4.78, 5) is 22.0. The lowest BCUT2D eigenvalue weighted by atomic mass is 10.1. The highest BCUT2D eigenvalue weighted by molar-refractivity contribution is 7.93. The fourth-order valence-electron chi connectivity index (χ4n) is 2.20. The van der Waals surface area contributed by atoms with Crippen LogP contribution in [-0.4, -0.2) is 44.2 Å². The maximum atomic E-state index is 12.0. The highest BCUT2D eigenvalue weighted by Gasteiger charge is 2.33. The fourth-order valence-corrected chi connectivity index (χ4v) is 4.13. The molecule has 1 saturated heterocycles. The lowest BCUT2D eigenvalue weighted by molar-refractivity contribution is -0.135. The average Bonchev–Trinajstić information content (AvgIpc) is 2.69. The molecule has 1 aromatic carbocycles. The average molecular weight is 312 g/mol. The molecule has 1 fully saturated rings. The van der Waals surface area contributed by atoms with Crippen LogP contribution in [0.1, 0.15) is 17.3 Å². The predicted octanol–water partition coefficient (Wildman–Crippen LogP) is 0.287. The van der Waals surface area contributed by atoms with Crippen molar-refractivity contribution < 1.29 is 23.1 Å². The molecule has 7 nitrogen and oxygen atoms in total. The van der Waals surface area contributed by atoms with E-state index in [1.54, 1.807) is 12.1 Å². The zero-order valence-electron chi connectivity index (χ0n) is 11.4. The second-order valence-electron chi connectivity index (χ2n) is 5.04. The Labute approximate surface area is 122 Å². The van der Waals surface area contributed by atoms with Crippen molar-refractivity contribution in [3.05, 3.63) is 29.8 Å². The number of hydrogen-bond acceptors (Lipinski definition) is 4. The number of nitrogens with one attached hydrogen (secondary N) is 1. The third-order valence-corrected chi connectivity index (χ3v) is 5.15. The number of hydrogen-bond donors (Lipinski definition) is 2. The molecule has 2 N–H and O–H groups in total.